The topological polar surface area (TPSA) is 87.7 Å². The van der Waals surface area contributed by atoms with Crippen LogP contribution in [-0.2, 0) is 9.53 Å². The van der Waals surface area contributed by atoms with Gasteiger partial charge in [0.2, 0.25) is 0 Å². The van der Waals surface area contributed by atoms with E-state index in [1.807, 2.05) is 6.92 Å². The molecule has 1 heterocycles. The van der Waals surface area contributed by atoms with Crippen LogP contribution in [0, 0.1) is 5.92 Å². The van der Waals surface area contributed by atoms with Gasteiger partial charge in [-0.15, -0.1) is 0 Å². The molecule has 2 atom stereocenters. The molecule has 1 fully saturated rings. The summed E-state index contributed by atoms with van der Waals surface area (Å²) in [6.45, 7) is 3.99. The van der Waals surface area contributed by atoms with Gasteiger partial charge in [0, 0.05) is 19.6 Å². The molecule has 0 radical (unpaired) electrons. The highest BCUT2D eigenvalue weighted by Crippen LogP contribution is 2.14. The molecule has 0 bridgehead atoms. The lowest BCUT2D eigenvalue weighted by Crippen LogP contribution is -2.46. The van der Waals surface area contributed by atoms with Crippen LogP contribution in [-0.4, -0.2) is 42.9 Å². The Labute approximate surface area is 120 Å². The Morgan fingerprint density at radius 3 is 2.80 bits per heavy atom. The Kier molecular flexibility index (Phi) is 8.02. The van der Waals surface area contributed by atoms with Gasteiger partial charge < -0.3 is 20.5 Å². The molecule has 0 aromatic heterocycles. The van der Waals surface area contributed by atoms with E-state index in [4.69, 9.17) is 9.84 Å². The van der Waals surface area contributed by atoms with Crippen molar-refractivity contribution in [2.75, 3.05) is 19.8 Å². The molecule has 1 rings (SSSR count). The lowest BCUT2D eigenvalue weighted by Gasteiger charge is -2.23. The zero-order valence-corrected chi connectivity index (χ0v) is 12.2. The minimum absolute atomic E-state index is 0.109. The van der Waals surface area contributed by atoms with Crippen molar-refractivity contribution < 1.29 is 19.4 Å². The van der Waals surface area contributed by atoms with E-state index in [2.05, 4.69) is 10.6 Å². The van der Waals surface area contributed by atoms with Gasteiger partial charge in [-0.25, -0.2) is 4.79 Å². The number of hydrogen-bond acceptors (Lipinski definition) is 3. The molecule has 6 nitrogen and oxygen atoms in total. The van der Waals surface area contributed by atoms with Crippen LogP contribution >= 0.6 is 0 Å². The molecular formula is C14H26N2O4. The maximum absolute atomic E-state index is 11.7. The van der Waals surface area contributed by atoms with Crippen LogP contribution in [0.2, 0.25) is 0 Å². The van der Waals surface area contributed by atoms with Gasteiger partial charge >= 0.3 is 12.0 Å². The number of amides is 2. The van der Waals surface area contributed by atoms with Gasteiger partial charge in [-0.1, -0.05) is 13.3 Å². The van der Waals surface area contributed by atoms with Crippen molar-refractivity contribution in [2.45, 2.75) is 51.5 Å². The van der Waals surface area contributed by atoms with E-state index in [0.29, 0.717) is 25.5 Å². The van der Waals surface area contributed by atoms with Gasteiger partial charge in [0.25, 0.3) is 0 Å². The number of ether oxygens (including phenoxy) is 1. The van der Waals surface area contributed by atoms with Gasteiger partial charge in [-0.2, -0.15) is 0 Å². The van der Waals surface area contributed by atoms with Crippen LogP contribution in [0.3, 0.4) is 0 Å². The lowest BCUT2D eigenvalue weighted by atomic mass is 9.97. The van der Waals surface area contributed by atoms with Crippen LogP contribution in [0.5, 0.6) is 0 Å². The highest BCUT2D eigenvalue weighted by atomic mass is 16.5. The van der Waals surface area contributed by atoms with E-state index in [1.165, 1.54) is 0 Å². The summed E-state index contributed by atoms with van der Waals surface area (Å²) in [6.07, 6.45) is 4.57. The van der Waals surface area contributed by atoms with Crippen molar-refractivity contribution in [2.24, 2.45) is 5.92 Å². The molecule has 0 aliphatic carbocycles. The van der Waals surface area contributed by atoms with Gasteiger partial charge in [0.05, 0.1) is 12.6 Å². The Balaban J connectivity index is 2.11. The number of carbonyl (C=O) groups excluding carboxylic acids is 1. The summed E-state index contributed by atoms with van der Waals surface area (Å²) in [5, 5.41) is 14.4. The van der Waals surface area contributed by atoms with Crippen molar-refractivity contribution >= 4 is 12.0 Å². The standard InChI is InChI=1S/C14H26N2O4/c1-2-11(5-6-13(17)18)7-8-15-14(19)16-12-4-3-9-20-10-12/h11-12H,2-10H2,1H3,(H,17,18)(H2,15,16,19). The quantitative estimate of drug-likeness (QED) is 0.634. The molecule has 0 aromatic rings. The Morgan fingerprint density at radius 2 is 2.20 bits per heavy atom. The Morgan fingerprint density at radius 1 is 1.40 bits per heavy atom. The fourth-order valence-corrected chi connectivity index (χ4v) is 2.36. The second-order valence-electron chi connectivity index (χ2n) is 5.31. The summed E-state index contributed by atoms with van der Waals surface area (Å²) < 4.78 is 5.30. The van der Waals surface area contributed by atoms with E-state index in [9.17, 15) is 9.59 Å². The van der Waals surface area contributed by atoms with Gasteiger partial charge in [0.1, 0.15) is 0 Å². The summed E-state index contributed by atoms with van der Waals surface area (Å²) in [5.74, 6) is -0.407. The molecule has 2 unspecified atom stereocenters. The third kappa shape index (κ3) is 7.33. The third-order valence-electron chi connectivity index (χ3n) is 3.68. The predicted octanol–water partition coefficient (Wildman–Crippen LogP) is 1.75. The summed E-state index contributed by atoms with van der Waals surface area (Å²) in [4.78, 5) is 22.2. The molecule has 1 aliphatic heterocycles. The van der Waals surface area contributed by atoms with Crippen molar-refractivity contribution in [3.63, 3.8) is 0 Å². The van der Waals surface area contributed by atoms with Crippen LogP contribution in [0.15, 0.2) is 0 Å². The van der Waals surface area contributed by atoms with E-state index < -0.39 is 5.97 Å². The molecule has 1 saturated heterocycles. The fourth-order valence-electron chi connectivity index (χ4n) is 2.36. The van der Waals surface area contributed by atoms with Crippen LogP contribution in [0.4, 0.5) is 4.79 Å². The molecule has 6 heteroatoms. The minimum atomic E-state index is -0.758. The molecule has 20 heavy (non-hydrogen) atoms. The average Bonchev–Trinajstić information content (AvgIpc) is 2.43. The number of carboxylic acids is 1. The zero-order valence-electron chi connectivity index (χ0n) is 12.2. The van der Waals surface area contributed by atoms with Gasteiger partial charge in [-0.3, -0.25) is 4.79 Å². The zero-order chi connectivity index (χ0) is 14.8. The Hall–Kier alpha value is -1.30. The maximum Gasteiger partial charge on any atom is 0.315 e. The van der Waals surface area contributed by atoms with Crippen LogP contribution < -0.4 is 10.6 Å². The number of aliphatic carboxylic acids is 1. The van der Waals surface area contributed by atoms with Gasteiger partial charge in [-0.05, 0) is 31.6 Å². The molecule has 116 valence electrons. The van der Waals surface area contributed by atoms with E-state index in [1.54, 1.807) is 0 Å². The normalized spacial score (nSPS) is 20.1. The SMILES string of the molecule is CCC(CCNC(=O)NC1CCCOC1)CCC(=O)O. The molecule has 3 N–H and O–H groups in total. The number of rotatable bonds is 8. The summed E-state index contributed by atoms with van der Waals surface area (Å²) in [6, 6.07) is -0.0497. The second-order valence-corrected chi connectivity index (χ2v) is 5.31. The molecule has 0 spiro atoms. The first-order chi connectivity index (χ1) is 9.61. The number of carboxylic acid groups (broad SMARTS) is 1. The van der Waals surface area contributed by atoms with Crippen LogP contribution in [0.1, 0.15) is 45.4 Å². The van der Waals surface area contributed by atoms with E-state index in [0.717, 1.165) is 32.3 Å². The fraction of sp³-hybridized carbons (Fsp3) is 0.857. The number of carbonyl (C=O) groups is 2. The third-order valence-corrected chi connectivity index (χ3v) is 3.68. The highest BCUT2D eigenvalue weighted by Gasteiger charge is 2.16. The van der Waals surface area contributed by atoms with Crippen molar-refractivity contribution in [1.82, 2.24) is 10.6 Å². The van der Waals surface area contributed by atoms with E-state index in [-0.39, 0.29) is 18.5 Å². The predicted molar refractivity (Wildman–Crippen MR) is 75.6 cm³/mol. The monoisotopic (exact) mass is 286 g/mol. The lowest BCUT2D eigenvalue weighted by molar-refractivity contribution is -0.137. The van der Waals surface area contributed by atoms with E-state index >= 15 is 0 Å². The highest BCUT2D eigenvalue weighted by molar-refractivity contribution is 5.74. The molecule has 2 amide bonds. The molecule has 0 saturated carbocycles. The average molecular weight is 286 g/mol. The maximum atomic E-state index is 11.7. The van der Waals surface area contributed by atoms with Crippen LogP contribution in [0.25, 0.3) is 0 Å². The number of urea groups is 1. The Bertz CT molecular complexity index is 304. The minimum Gasteiger partial charge on any atom is -0.481 e. The van der Waals surface area contributed by atoms with Gasteiger partial charge in [0.15, 0.2) is 0 Å². The molecule has 1 aliphatic rings. The van der Waals surface area contributed by atoms with Crippen molar-refractivity contribution in [1.29, 1.82) is 0 Å². The first-order valence-electron chi connectivity index (χ1n) is 7.45. The first-order valence-corrected chi connectivity index (χ1v) is 7.45. The summed E-state index contributed by atoms with van der Waals surface area (Å²) in [7, 11) is 0. The molecular weight excluding hydrogens is 260 g/mol. The number of nitrogens with one attached hydrogen (secondary N) is 2. The molecule has 0 aromatic carbocycles. The smallest absolute Gasteiger partial charge is 0.315 e. The first kappa shape index (κ1) is 16.8. The summed E-state index contributed by atoms with van der Waals surface area (Å²) in [5.41, 5.74) is 0. The van der Waals surface area contributed by atoms with Crippen molar-refractivity contribution in [3.8, 4) is 0 Å². The van der Waals surface area contributed by atoms with Crippen molar-refractivity contribution in [3.05, 3.63) is 0 Å². The summed E-state index contributed by atoms with van der Waals surface area (Å²) >= 11 is 0. The number of hydrogen-bond donors (Lipinski definition) is 3. The second kappa shape index (κ2) is 9.58. The largest absolute Gasteiger partial charge is 0.481 e.